The number of rotatable bonds is 2. The molecule has 0 bridgehead atoms. The Morgan fingerprint density at radius 1 is 0.806 bits per heavy atom. The number of nitrogens with zero attached hydrogens (tertiary/aromatic N) is 4. The zero-order valence-corrected chi connectivity index (χ0v) is 17.1. The summed E-state index contributed by atoms with van der Waals surface area (Å²) in [6.45, 7) is 0. The highest BCUT2D eigenvalue weighted by Gasteiger charge is 2.30. The minimum Gasteiger partial charge on any atom is -0.305 e. The molecule has 6 rings (SSSR count). The van der Waals surface area contributed by atoms with Gasteiger partial charge in [-0.15, -0.1) is 11.3 Å². The van der Waals surface area contributed by atoms with Crippen LogP contribution in [0.2, 0.25) is 0 Å². The lowest BCUT2D eigenvalue weighted by molar-refractivity contribution is 1.15. The van der Waals surface area contributed by atoms with Crippen LogP contribution in [0.15, 0.2) is 84.4 Å². The lowest BCUT2D eigenvalue weighted by atomic mass is 10.1. The smallest absolute Gasteiger partial charge is 0.131 e. The summed E-state index contributed by atoms with van der Waals surface area (Å²) < 4.78 is 2.31. The molecule has 2 aromatic heterocycles. The highest BCUT2D eigenvalue weighted by molar-refractivity contribution is 7.16. The number of hydrogen-bond acceptors (Lipinski definition) is 4. The average molecular weight is 414 g/mol. The second-order valence-corrected chi connectivity index (χ2v) is 8.38. The van der Waals surface area contributed by atoms with E-state index in [0.29, 0.717) is 0 Å². The lowest BCUT2D eigenvalue weighted by Gasteiger charge is -2.30. The minimum absolute atomic E-state index is 0.102. The van der Waals surface area contributed by atoms with Crippen molar-refractivity contribution in [3.05, 3.63) is 89.3 Å². The van der Waals surface area contributed by atoms with Crippen LogP contribution in [0.25, 0.3) is 32.9 Å². The van der Waals surface area contributed by atoms with Crippen molar-refractivity contribution in [3.8, 4) is 17.1 Å². The number of thiophene rings is 1. The summed E-state index contributed by atoms with van der Waals surface area (Å²) >= 11 is 1.59. The molecule has 3 heterocycles. The van der Waals surface area contributed by atoms with Gasteiger partial charge in [0.1, 0.15) is 22.7 Å². The molecule has 0 saturated carbocycles. The Bertz CT molecular complexity index is 1590. The van der Waals surface area contributed by atoms with Gasteiger partial charge in [0.05, 0.1) is 22.4 Å². The molecule has 144 valence electrons. The van der Waals surface area contributed by atoms with Crippen molar-refractivity contribution >= 4 is 56.3 Å². The van der Waals surface area contributed by atoms with Crippen molar-refractivity contribution in [2.75, 3.05) is 4.90 Å². The number of hydrogen-bond donors (Lipinski definition) is 0. The SMILES string of the molecule is N#CC(C#N)=Cc1cc2c(s1)-n1c3ccccc3c3cccc(c31)N2c1ccccc1. The van der Waals surface area contributed by atoms with Gasteiger partial charge in [-0.25, -0.2) is 0 Å². The zero-order chi connectivity index (χ0) is 20.9. The molecule has 0 fully saturated rings. The molecule has 5 heteroatoms. The van der Waals surface area contributed by atoms with Crippen molar-refractivity contribution in [2.45, 2.75) is 0 Å². The average Bonchev–Trinajstić information content (AvgIpc) is 3.38. The highest BCUT2D eigenvalue weighted by atomic mass is 32.1. The predicted molar refractivity (Wildman–Crippen MR) is 126 cm³/mol. The van der Waals surface area contributed by atoms with E-state index in [-0.39, 0.29) is 5.57 Å². The highest BCUT2D eigenvalue weighted by Crippen LogP contribution is 2.52. The third-order valence-corrected chi connectivity index (χ3v) is 6.67. The van der Waals surface area contributed by atoms with E-state index in [4.69, 9.17) is 0 Å². The first-order chi connectivity index (χ1) is 15.3. The molecule has 3 aromatic carbocycles. The minimum atomic E-state index is 0.102. The number of anilines is 3. The molecule has 4 nitrogen and oxygen atoms in total. The van der Waals surface area contributed by atoms with Crippen LogP contribution >= 0.6 is 11.3 Å². The molecule has 0 atom stereocenters. The summed E-state index contributed by atoms with van der Waals surface area (Å²) in [7, 11) is 0. The maximum atomic E-state index is 9.24. The van der Waals surface area contributed by atoms with E-state index in [1.54, 1.807) is 17.4 Å². The Morgan fingerprint density at radius 2 is 1.55 bits per heavy atom. The van der Waals surface area contributed by atoms with Crippen LogP contribution in [-0.2, 0) is 0 Å². The first kappa shape index (κ1) is 17.5. The van der Waals surface area contributed by atoms with Gasteiger partial charge >= 0.3 is 0 Å². The molecule has 5 aromatic rings. The van der Waals surface area contributed by atoms with Crippen molar-refractivity contribution in [1.82, 2.24) is 4.57 Å². The van der Waals surface area contributed by atoms with Gasteiger partial charge < -0.3 is 4.90 Å². The van der Waals surface area contributed by atoms with Gasteiger partial charge in [0, 0.05) is 21.3 Å². The standard InChI is InChI=1S/C26H14N4S/c27-15-17(16-28)13-19-14-24-26(31-19)30-22-11-5-4-9-20(22)21-10-6-12-23(25(21)30)29(24)18-7-2-1-3-8-18/h1-14H. The fourth-order valence-electron chi connectivity index (χ4n) is 4.39. The molecule has 1 aliphatic heterocycles. The molecular formula is C26H14N4S. The summed E-state index contributed by atoms with van der Waals surface area (Å²) in [5.41, 5.74) is 5.64. The van der Waals surface area contributed by atoms with Crippen LogP contribution in [0, 0.1) is 22.7 Å². The summed E-state index contributed by atoms with van der Waals surface area (Å²) in [6, 6.07) is 31.2. The fourth-order valence-corrected chi connectivity index (χ4v) is 5.50. The summed E-state index contributed by atoms with van der Waals surface area (Å²) in [6.07, 6.45) is 1.67. The summed E-state index contributed by atoms with van der Waals surface area (Å²) in [5, 5.41) is 22.0. The van der Waals surface area contributed by atoms with E-state index in [0.717, 1.165) is 32.5 Å². The number of allylic oxidation sites excluding steroid dienone is 1. The molecule has 0 radical (unpaired) electrons. The first-order valence-corrected chi connectivity index (χ1v) is 10.7. The molecule has 0 N–H and O–H groups in total. The van der Waals surface area contributed by atoms with Crippen molar-refractivity contribution in [3.63, 3.8) is 0 Å². The molecule has 1 aliphatic rings. The van der Waals surface area contributed by atoms with E-state index in [2.05, 4.69) is 70.1 Å². The monoisotopic (exact) mass is 414 g/mol. The van der Waals surface area contributed by atoms with Gasteiger partial charge in [0.2, 0.25) is 0 Å². The normalized spacial score (nSPS) is 11.7. The number of nitriles is 2. The van der Waals surface area contributed by atoms with Gasteiger partial charge in [0.15, 0.2) is 0 Å². The second-order valence-electron chi connectivity index (χ2n) is 7.32. The summed E-state index contributed by atoms with van der Waals surface area (Å²) in [4.78, 5) is 3.14. The Hall–Kier alpha value is -4.32. The molecular weight excluding hydrogens is 400 g/mol. The third-order valence-electron chi connectivity index (χ3n) is 5.61. The van der Waals surface area contributed by atoms with Crippen LogP contribution in [0.3, 0.4) is 0 Å². The number of para-hydroxylation sites is 3. The van der Waals surface area contributed by atoms with Crippen LogP contribution in [0.1, 0.15) is 4.88 Å². The predicted octanol–water partition coefficient (Wildman–Crippen LogP) is 7.06. The number of aromatic nitrogens is 1. The zero-order valence-electron chi connectivity index (χ0n) is 16.3. The van der Waals surface area contributed by atoms with Crippen molar-refractivity contribution in [1.29, 1.82) is 10.5 Å². The van der Waals surface area contributed by atoms with Gasteiger partial charge in [-0.3, -0.25) is 4.57 Å². The summed E-state index contributed by atoms with van der Waals surface area (Å²) in [5.74, 6) is 0. The molecule has 0 spiro atoms. The van der Waals surface area contributed by atoms with E-state index in [1.807, 2.05) is 30.3 Å². The van der Waals surface area contributed by atoms with E-state index < -0.39 is 0 Å². The maximum absolute atomic E-state index is 9.24. The largest absolute Gasteiger partial charge is 0.305 e. The maximum Gasteiger partial charge on any atom is 0.131 e. The Kier molecular flexibility index (Phi) is 3.73. The number of benzene rings is 3. The van der Waals surface area contributed by atoms with E-state index in [9.17, 15) is 10.5 Å². The molecule has 31 heavy (non-hydrogen) atoms. The third kappa shape index (κ3) is 2.45. The van der Waals surface area contributed by atoms with E-state index >= 15 is 0 Å². The van der Waals surface area contributed by atoms with Crippen molar-refractivity contribution in [2.24, 2.45) is 0 Å². The molecule has 0 unspecified atom stereocenters. The van der Waals surface area contributed by atoms with Gasteiger partial charge in [-0.2, -0.15) is 10.5 Å². The Morgan fingerprint density at radius 3 is 2.35 bits per heavy atom. The quantitative estimate of drug-likeness (QED) is 0.285. The van der Waals surface area contributed by atoms with Crippen LogP contribution in [-0.4, -0.2) is 4.57 Å². The van der Waals surface area contributed by atoms with E-state index in [1.165, 1.54) is 16.3 Å². The fraction of sp³-hybridized carbons (Fsp3) is 0. The topological polar surface area (TPSA) is 55.8 Å². The van der Waals surface area contributed by atoms with Crippen LogP contribution in [0.5, 0.6) is 0 Å². The van der Waals surface area contributed by atoms with Gasteiger partial charge in [-0.1, -0.05) is 48.5 Å². The van der Waals surface area contributed by atoms with Gasteiger partial charge in [-0.05, 0) is 36.4 Å². The first-order valence-electron chi connectivity index (χ1n) is 9.83. The van der Waals surface area contributed by atoms with Gasteiger partial charge in [0.25, 0.3) is 0 Å². The van der Waals surface area contributed by atoms with Crippen LogP contribution < -0.4 is 4.90 Å². The molecule has 0 aliphatic carbocycles. The Labute approximate surface area is 182 Å². The number of fused-ring (bicyclic) bond motifs is 5. The second kappa shape index (κ2) is 6.60. The Balaban J connectivity index is 1.76. The lowest BCUT2D eigenvalue weighted by Crippen LogP contribution is -2.16. The van der Waals surface area contributed by atoms with Crippen molar-refractivity contribution < 1.29 is 0 Å². The van der Waals surface area contributed by atoms with Crippen LogP contribution in [0.4, 0.5) is 17.1 Å². The molecule has 0 amide bonds. The molecule has 0 saturated heterocycles.